The van der Waals surface area contributed by atoms with E-state index in [1.807, 2.05) is 33.8 Å². The van der Waals surface area contributed by atoms with E-state index in [0.29, 0.717) is 16.6 Å². The van der Waals surface area contributed by atoms with Crippen LogP contribution in [0.15, 0.2) is 58.0 Å². The van der Waals surface area contributed by atoms with E-state index in [2.05, 4.69) is 20.9 Å². The van der Waals surface area contributed by atoms with Gasteiger partial charge < -0.3 is 9.31 Å². The first-order valence-corrected chi connectivity index (χ1v) is 11.1. The monoisotopic (exact) mass is 462 g/mol. The van der Waals surface area contributed by atoms with Gasteiger partial charge in [0.15, 0.2) is 5.65 Å². The average Bonchev–Trinajstić information content (AvgIpc) is 3.10. The van der Waals surface area contributed by atoms with Crippen LogP contribution in [-0.4, -0.2) is 35.7 Å². The van der Waals surface area contributed by atoms with Gasteiger partial charge in [-0.05, 0) is 67.9 Å². The van der Waals surface area contributed by atoms with Gasteiger partial charge in [0.25, 0.3) is 10.0 Å². The average molecular weight is 463 g/mol. The molecule has 3 heterocycles. The fraction of sp³-hybridized carbons (Fsp3) is 0.316. The number of rotatable bonds is 3. The van der Waals surface area contributed by atoms with Gasteiger partial charge in [0.1, 0.15) is 0 Å². The molecule has 146 valence electrons. The van der Waals surface area contributed by atoms with Crippen LogP contribution in [0.1, 0.15) is 27.7 Å². The van der Waals surface area contributed by atoms with Crippen LogP contribution < -0.4 is 5.59 Å². The predicted octanol–water partition coefficient (Wildman–Crippen LogP) is 3.34. The first-order chi connectivity index (χ1) is 13.0. The Balaban J connectivity index is 1.97. The second kappa shape index (κ2) is 6.42. The van der Waals surface area contributed by atoms with Crippen LogP contribution >= 0.6 is 15.9 Å². The molecular weight excluding hydrogens is 443 g/mol. The number of pyridine rings is 1. The van der Waals surface area contributed by atoms with Crippen LogP contribution in [0, 0.1) is 0 Å². The van der Waals surface area contributed by atoms with Crippen molar-refractivity contribution in [3.63, 3.8) is 0 Å². The molecule has 4 rings (SSSR count). The van der Waals surface area contributed by atoms with Gasteiger partial charge in [-0.15, -0.1) is 0 Å². The molecule has 2 aromatic heterocycles. The van der Waals surface area contributed by atoms with Gasteiger partial charge in [0.05, 0.1) is 21.7 Å². The largest absolute Gasteiger partial charge is 0.513 e. The Hall–Kier alpha value is -1.68. The van der Waals surface area contributed by atoms with Crippen molar-refractivity contribution in [2.45, 2.75) is 43.8 Å². The van der Waals surface area contributed by atoms with E-state index >= 15 is 0 Å². The Morgan fingerprint density at radius 3 is 2.25 bits per heavy atom. The SMILES string of the molecule is CC1(C)OB(c2cc3cc(Br)cnc3n2S(=O)(=O)c2ccccc2)OC1(C)C. The predicted molar refractivity (Wildman–Crippen MR) is 112 cm³/mol. The van der Waals surface area contributed by atoms with Gasteiger partial charge in [-0.3, -0.25) is 0 Å². The Bertz CT molecular complexity index is 1140. The Morgan fingerprint density at radius 2 is 1.64 bits per heavy atom. The lowest BCUT2D eigenvalue weighted by Gasteiger charge is -2.32. The van der Waals surface area contributed by atoms with Crippen molar-refractivity contribution >= 4 is 49.7 Å². The third-order valence-electron chi connectivity index (χ3n) is 5.37. The lowest BCUT2D eigenvalue weighted by Crippen LogP contribution is -2.41. The van der Waals surface area contributed by atoms with Gasteiger partial charge in [0.2, 0.25) is 0 Å². The first kappa shape index (κ1) is 19.6. The van der Waals surface area contributed by atoms with Crippen molar-refractivity contribution in [2.75, 3.05) is 0 Å². The zero-order valence-electron chi connectivity index (χ0n) is 16.0. The molecule has 0 N–H and O–H groups in total. The van der Waals surface area contributed by atoms with E-state index in [-0.39, 0.29) is 4.90 Å². The third-order valence-corrected chi connectivity index (χ3v) is 7.53. The van der Waals surface area contributed by atoms with Gasteiger partial charge in [-0.25, -0.2) is 17.4 Å². The molecule has 1 aliphatic heterocycles. The van der Waals surface area contributed by atoms with E-state index in [1.165, 1.54) is 3.97 Å². The summed E-state index contributed by atoms with van der Waals surface area (Å²) in [5.74, 6) is 0. The summed E-state index contributed by atoms with van der Waals surface area (Å²) in [6.07, 6.45) is 1.58. The van der Waals surface area contributed by atoms with Crippen LogP contribution in [0.3, 0.4) is 0 Å². The molecule has 0 spiro atoms. The number of benzene rings is 1. The second-order valence-corrected chi connectivity index (χ2v) is 10.5. The molecule has 1 saturated heterocycles. The zero-order valence-corrected chi connectivity index (χ0v) is 18.4. The van der Waals surface area contributed by atoms with E-state index in [1.54, 1.807) is 42.6 Å². The normalized spacial score (nSPS) is 18.7. The number of hydrogen-bond donors (Lipinski definition) is 0. The third kappa shape index (κ3) is 3.01. The lowest BCUT2D eigenvalue weighted by atomic mass is 9.85. The molecule has 0 radical (unpaired) electrons. The fourth-order valence-corrected chi connectivity index (χ4v) is 5.00. The molecule has 0 unspecified atom stereocenters. The minimum absolute atomic E-state index is 0.176. The summed E-state index contributed by atoms with van der Waals surface area (Å²) in [6, 6.07) is 11.9. The van der Waals surface area contributed by atoms with Crippen molar-refractivity contribution in [1.29, 1.82) is 0 Å². The molecule has 0 saturated carbocycles. The highest BCUT2D eigenvalue weighted by Crippen LogP contribution is 2.37. The number of fused-ring (bicyclic) bond motifs is 1. The van der Waals surface area contributed by atoms with Crippen molar-refractivity contribution in [3.8, 4) is 0 Å². The number of halogens is 1. The van der Waals surface area contributed by atoms with E-state index in [0.717, 1.165) is 4.47 Å². The highest BCUT2D eigenvalue weighted by Gasteiger charge is 2.53. The molecular formula is C19H20BBrN2O4S. The number of nitrogens with zero attached hydrogens (tertiary/aromatic N) is 2. The highest BCUT2D eigenvalue weighted by atomic mass is 79.9. The molecule has 6 nitrogen and oxygen atoms in total. The minimum Gasteiger partial charge on any atom is -0.398 e. The summed E-state index contributed by atoms with van der Waals surface area (Å²) in [5, 5.41) is 0.679. The van der Waals surface area contributed by atoms with E-state index in [9.17, 15) is 8.42 Å². The molecule has 0 atom stereocenters. The maximum Gasteiger partial charge on any atom is 0.513 e. The lowest BCUT2D eigenvalue weighted by molar-refractivity contribution is 0.00578. The summed E-state index contributed by atoms with van der Waals surface area (Å²) >= 11 is 3.40. The Labute approximate surface area is 173 Å². The number of aromatic nitrogens is 2. The van der Waals surface area contributed by atoms with Gasteiger partial charge >= 0.3 is 7.12 Å². The van der Waals surface area contributed by atoms with Crippen LogP contribution in [-0.2, 0) is 19.3 Å². The molecule has 1 fully saturated rings. The molecule has 1 aromatic carbocycles. The highest BCUT2D eigenvalue weighted by molar-refractivity contribution is 9.10. The first-order valence-electron chi connectivity index (χ1n) is 8.86. The van der Waals surface area contributed by atoms with Crippen molar-refractivity contribution in [3.05, 3.63) is 53.1 Å². The van der Waals surface area contributed by atoms with Crippen LogP contribution in [0.25, 0.3) is 11.0 Å². The number of hydrogen-bond acceptors (Lipinski definition) is 5. The van der Waals surface area contributed by atoms with Crippen molar-refractivity contribution in [2.24, 2.45) is 0 Å². The molecule has 0 aliphatic carbocycles. The summed E-state index contributed by atoms with van der Waals surface area (Å²) in [7, 11) is -4.74. The smallest absolute Gasteiger partial charge is 0.398 e. The van der Waals surface area contributed by atoms with Crippen LogP contribution in [0.4, 0.5) is 0 Å². The second-order valence-electron chi connectivity index (χ2n) is 7.81. The van der Waals surface area contributed by atoms with Crippen LogP contribution in [0.2, 0.25) is 0 Å². The summed E-state index contributed by atoms with van der Waals surface area (Å²) in [5.41, 5.74) is -0.465. The minimum atomic E-state index is -3.90. The van der Waals surface area contributed by atoms with Crippen LogP contribution in [0.5, 0.6) is 0 Å². The van der Waals surface area contributed by atoms with Crippen molar-refractivity contribution < 1.29 is 17.7 Å². The molecule has 1 aliphatic rings. The maximum atomic E-state index is 13.5. The summed E-state index contributed by atoms with van der Waals surface area (Å²) in [4.78, 5) is 4.54. The Kier molecular flexibility index (Phi) is 4.50. The molecule has 0 bridgehead atoms. The van der Waals surface area contributed by atoms with E-state index < -0.39 is 28.3 Å². The Morgan fingerprint density at radius 1 is 1.04 bits per heavy atom. The topological polar surface area (TPSA) is 70.4 Å². The van der Waals surface area contributed by atoms with Gasteiger partial charge in [0, 0.05) is 16.1 Å². The quantitative estimate of drug-likeness (QED) is 0.558. The maximum absolute atomic E-state index is 13.5. The fourth-order valence-electron chi connectivity index (χ4n) is 3.14. The molecule has 0 amide bonds. The summed E-state index contributed by atoms with van der Waals surface area (Å²) < 4.78 is 41.2. The summed E-state index contributed by atoms with van der Waals surface area (Å²) in [6.45, 7) is 7.72. The standard InChI is InChI=1S/C19H20BBrN2O4S/c1-18(2)19(3,4)27-20(26-18)16-11-13-10-14(21)12-22-17(13)23(16)28(24,25)15-8-6-5-7-9-15/h5-12H,1-4H3. The van der Waals surface area contributed by atoms with Gasteiger partial charge in [-0.1, -0.05) is 18.2 Å². The molecule has 28 heavy (non-hydrogen) atoms. The van der Waals surface area contributed by atoms with E-state index in [4.69, 9.17) is 9.31 Å². The van der Waals surface area contributed by atoms with Crippen molar-refractivity contribution in [1.82, 2.24) is 8.96 Å². The zero-order chi connectivity index (χ0) is 20.3. The molecule has 9 heteroatoms. The molecule has 3 aromatic rings. The van der Waals surface area contributed by atoms with Gasteiger partial charge in [-0.2, -0.15) is 0 Å².